The maximum Gasteiger partial charge on any atom is 0.252 e. The molecule has 2 heterocycles. The predicted molar refractivity (Wildman–Crippen MR) is 98.9 cm³/mol. The third kappa shape index (κ3) is 3.04. The highest BCUT2D eigenvalue weighted by Gasteiger charge is 2.47. The number of hydrogen-bond donors (Lipinski definition) is 3. The highest BCUT2D eigenvalue weighted by atomic mass is 16.3. The molecular formula is C20H21N3O4. The highest BCUT2D eigenvalue weighted by molar-refractivity contribution is 6.07. The number of nitrogens with one attached hydrogen (secondary N) is 2. The number of amides is 3. The van der Waals surface area contributed by atoms with Crippen LogP contribution >= 0.6 is 0 Å². The van der Waals surface area contributed by atoms with Crippen LogP contribution in [0.4, 0.5) is 0 Å². The number of aliphatic hydroxyl groups is 1. The van der Waals surface area contributed by atoms with Crippen molar-refractivity contribution in [3.05, 3.63) is 48.0 Å². The van der Waals surface area contributed by atoms with Gasteiger partial charge in [0.15, 0.2) is 0 Å². The van der Waals surface area contributed by atoms with Crippen LogP contribution < -0.4 is 10.6 Å². The molecule has 4 rings (SSSR count). The molecule has 2 fully saturated rings. The van der Waals surface area contributed by atoms with Gasteiger partial charge in [-0.3, -0.25) is 14.4 Å². The van der Waals surface area contributed by atoms with Crippen LogP contribution in [0, 0.1) is 0 Å². The van der Waals surface area contributed by atoms with E-state index in [2.05, 4.69) is 10.6 Å². The molecule has 7 nitrogen and oxygen atoms in total. The molecule has 27 heavy (non-hydrogen) atoms. The van der Waals surface area contributed by atoms with Crippen LogP contribution in [0.5, 0.6) is 0 Å². The van der Waals surface area contributed by atoms with Gasteiger partial charge in [0.05, 0.1) is 6.10 Å². The lowest BCUT2D eigenvalue weighted by atomic mass is 10.0. The monoisotopic (exact) mass is 367 g/mol. The molecule has 2 aromatic carbocycles. The summed E-state index contributed by atoms with van der Waals surface area (Å²) in [6.45, 7) is 1.73. The Balaban J connectivity index is 1.52. The Morgan fingerprint density at radius 1 is 1.22 bits per heavy atom. The van der Waals surface area contributed by atoms with Gasteiger partial charge < -0.3 is 20.6 Å². The van der Waals surface area contributed by atoms with Crippen molar-refractivity contribution < 1.29 is 19.5 Å². The average molecular weight is 367 g/mol. The van der Waals surface area contributed by atoms with Crippen molar-refractivity contribution in [2.75, 3.05) is 6.54 Å². The third-order valence-electron chi connectivity index (χ3n) is 5.30. The van der Waals surface area contributed by atoms with Crippen LogP contribution in [0.2, 0.25) is 0 Å². The fourth-order valence-electron chi connectivity index (χ4n) is 3.94. The van der Waals surface area contributed by atoms with Gasteiger partial charge in [-0.05, 0) is 30.2 Å². The second-order valence-electron chi connectivity index (χ2n) is 7.17. The number of carbonyl (C=O) groups excluding carboxylic acids is 3. The van der Waals surface area contributed by atoms with Gasteiger partial charge in [0.1, 0.15) is 12.1 Å². The molecule has 0 spiro atoms. The molecule has 2 aromatic rings. The Hall–Kier alpha value is -2.93. The Morgan fingerprint density at radius 3 is 2.74 bits per heavy atom. The van der Waals surface area contributed by atoms with E-state index in [0.29, 0.717) is 12.0 Å². The van der Waals surface area contributed by atoms with Crippen LogP contribution in [0.25, 0.3) is 10.8 Å². The molecule has 0 aromatic heterocycles. The summed E-state index contributed by atoms with van der Waals surface area (Å²) in [5, 5.41) is 17.1. The van der Waals surface area contributed by atoms with E-state index < -0.39 is 18.2 Å². The van der Waals surface area contributed by atoms with Crippen molar-refractivity contribution >= 4 is 28.5 Å². The smallest absolute Gasteiger partial charge is 0.252 e. The van der Waals surface area contributed by atoms with Gasteiger partial charge in [0, 0.05) is 18.2 Å². The number of hydrogen-bond acceptors (Lipinski definition) is 4. The summed E-state index contributed by atoms with van der Waals surface area (Å²) in [6, 6.07) is 11.3. The van der Waals surface area contributed by atoms with E-state index in [1.165, 1.54) is 11.8 Å². The van der Waals surface area contributed by atoms with Gasteiger partial charge in [-0.1, -0.05) is 36.4 Å². The molecular weight excluding hydrogens is 346 g/mol. The quantitative estimate of drug-likeness (QED) is 0.732. The molecule has 4 atom stereocenters. The topological polar surface area (TPSA) is 98.7 Å². The van der Waals surface area contributed by atoms with Crippen molar-refractivity contribution in [3.63, 3.8) is 0 Å². The largest absolute Gasteiger partial charge is 0.391 e. The lowest BCUT2D eigenvalue weighted by Gasteiger charge is -2.35. The fourth-order valence-corrected chi connectivity index (χ4v) is 3.94. The minimum atomic E-state index is -0.966. The van der Waals surface area contributed by atoms with E-state index in [0.717, 1.165) is 10.8 Å². The maximum absolute atomic E-state index is 12.8. The highest BCUT2D eigenvalue weighted by Crippen LogP contribution is 2.25. The average Bonchev–Trinajstić information content (AvgIpc) is 3.08. The van der Waals surface area contributed by atoms with Crippen LogP contribution in [0.1, 0.15) is 23.7 Å². The van der Waals surface area contributed by atoms with Gasteiger partial charge in [0.25, 0.3) is 5.91 Å². The second kappa shape index (κ2) is 6.66. The summed E-state index contributed by atoms with van der Waals surface area (Å²) in [4.78, 5) is 39.1. The standard InChI is InChI=1S/C20H21N3O4/c1-11(24)17-20(27)23-10-13(9-16(23)19(26)22-17)21-18(25)15-8-4-6-12-5-2-3-7-14(12)15/h2-8,11,13,16-17,24H,9-10H2,1H3,(H,21,25)(H,22,26)/t11-,13+,16+,17+/m1/s1. The molecule has 2 aliphatic rings. The molecule has 7 heteroatoms. The maximum atomic E-state index is 12.8. The molecule has 3 N–H and O–H groups in total. The number of nitrogens with zero attached hydrogens (tertiary/aromatic N) is 1. The lowest BCUT2D eigenvalue weighted by molar-refractivity contribution is -0.149. The van der Waals surface area contributed by atoms with Gasteiger partial charge in [-0.15, -0.1) is 0 Å². The molecule has 140 valence electrons. The molecule has 0 bridgehead atoms. The summed E-state index contributed by atoms with van der Waals surface area (Å²) in [6.07, 6.45) is -0.604. The Labute approximate surface area is 156 Å². The van der Waals surface area contributed by atoms with E-state index >= 15 is 0 Å². The Kier molecular flexibility index (Phi) is 4.31. The van der Waals surface area contributed by atoms with Crippen molar-refractivity contribution in [3.8, 4) is 0 Å². The fraction of sp³-hybridized carbons (Fsp3) is 0.350. The van der Waals surface area contributed by atoms with Crippen LogP contribution in [-0.4, -0.2) is 58.5 Å². The van der Waals surface area contributed by atoms with E-state index in [4.69, 9.17) is 0 Å². The summed E-state index contributed by atoms with van der Waals surface area (Å²) in [5.74, 6) is -0.824. The molecule has 3 amide bonds. The first-order chi connectivity index (χ1) is 13.0. The van der Waals surface area contributed by atoms with Crippen LogP contribution in [-0.2, 0) is 9.59 Å². The number of aliphatic hydroxyl groups excluding tert-OH is 1. The molecule has 0 aliphatic carbocycles. The zero-order valence-corrected chi connectivity index (χ0v) is 14.9. The minimum Gasteiger partial charge on any atom is -0.391 e. The minimum absolute atomic E-state index is 0.225. The first-order valence-corrected chi connectivity index (χ1v) is 9.03. The first kappa shape index (κ1) is 17.5. The van der Waals surface area contributed by atoms with Gasteiger partial charge in [-0.2, -0.15) is 0 Å². The zero-order valence-electron chi connectivity index (χ0n) is 14.9. The van der Waals surface area contributed by atoms with E-state index in [1.807, 2.05) is 36.4 Å². The predicted octanol–water partition coefficient (Wildman–Crippen LogP) is 0.418. The van der Waals surface area contributed by atoms with Crippen molar-refractivity contribution in [2.45, 2.75) is 37.6 Å². The normalized spacial score (nSPS) is 25.9. The molecule has 0 radical (unpaired) electrons. The van der Waals surface area contributed by atoms with Crippen molar-refractivity contribution in [2.24, 2.45) is 0 Å². The van der Waals surface area contributed by atoms with Crippen molar-refractivity contribution in [1.82, 2.24) is 15.5 Å². The van der Waals surface area contributed by atoms with Crippen molar-refractivity contribution in [1.29, 1.82) is 0 Å². The summed E-state index contributed by atoms with van der Waals surface area (Å²) >= 11 is 0. The molecule has 2 aliphatic heterocycles. The summed E-state index contributed by atoms with van der Waals surface area (Å²) in [5.41, 5.74) is 0.565. The summed E-state index contributed by atoms with van der Waals surface area (Å²) < 4.78 is 0. The van der Waals surface area contributed by atoms with E-state index in [-0.39, 0.29) is 30.3 Å². The number of rotatable bonds is 3. The zero-order chi connectivity index (χ0) is 19.1. The number of benzene rings is 2. The summed E-state index contributed by atoms with van der Waals surface area (Å²) in [7, 11) is 0. The second-order valence-corrected chi connectivity index (χ2v) is 7.17. The number of fused-ring (bicyclic) bond motifs is 2. The third-order valence-corrected chi connectivity index (χ3v) is 5.30. The molecule has 2 saturated heterocycles. The first-order valence-electron chi connectivity index (χ1n) is 9.03. The molecule has 0 saturated carbocycles. The van der Waals surface area contributed by atoms with Gasteiger partial charge >= 0.3 is 0 Å². The van der Waals surface area contributed by atoms with Gasteiger partial charge in [-0.25, -0.2) is 0 Å². The van der Waals surface area contributed by atoms with Crippen LogP contribution in [0.15, 0.2) is 42.5 Å². The van der Waals surface area contributed by atoms with E-state index in [1.54, 1.807) is 6.07 Å². The van der Waals surface area contributed by atoms with Gasteiger partial charge in [0.2, 0.25) is 11.8 Å². The van der Waals surface area contributed by atoms with Crippen LogP contribution in [0.3, 0.4) is 0 Å². The Morgan fingerprint density at radius 2 is 1.96 bits per heavy atom. The van der Waals surface area contributed by atoms with E-state index in [9.17, 15) is 19.5 Å². The Bertz CT molecular complexity index is 921. The molecule has 0 unspecified atom stereocenters. The number of piperazine rings is 1. The number of carbonyl (C=O) groups is 3. The SMILES string of the molecule is C[C@@H](O)[C@@H]1NC(=O)[C@@H]2C[C@H](NC(=O)c3cccc4ccccc34)CN2C1=O. The lowest BCUT2D eigenvalue weighted by Crippen LogP contribution is -2.64.